The molecule has 1 rings (SSSR count). The molecule has 0 unspecified atom stereocenters. The minimum absolute atomic E-state index is 0.132. The Balaban J connectivity index is 2.65. The van der Waals surface area contributed by atoms with E-state index in [1.54, 1.807) is 6.07 Å². The second-order valence-corrected chi connectivity index (χ2v) is 3.92. The van der Waals surface area contributed by atoms with Gasteiger partial charge in [0.15, 0.2) is 0 Å². The summed E-state index contributed by atoms with van der Waals surface area (Å²) in [6.07, 6.45) is 0. The quantitative estimate of drug-likeness (QED) is 0.805. The number of benzene rings is 1. The van der Waals surface area contributed by atoms with Crippen LogP contribution in [-0.4, -0.2) is 29.2 Å². The van der Waals surface area contributed by atoms with E-state index in [9.17, 15) is 4.39 Å². The van der Waals surface area contributed by atoms with E-state index >= 15 is 0 Å². The van der Waals surface area contributed by atoms with E-state index in [0.717, 1.165) is 5.56 Å². The Morgan fingerprint density at radius 3 is 2.67 bits per heavy atom. The molecule has 0 amide bonds. The molecule has 1 aromatic rings. The predicted octanol–water partition coefficient (Wildman–Crippen LogP) is 2.03. The van der Waals surface area contributed by atoms with Gasteiger partial charge >= 0.3 is 0 Å². The van der Waals surface area contributed by atoms with Crippen molar-refractivity contribution in [1.29, 1.82) is 0 Å². The molecule has 2 nitrogen and oxygen atoms in total. The van der Waals surface area contributed by atoms with Crippen LogP contribution in [-0.2, 0) is 6.54 Å². The first kappa shape index (κ1) is 12.1. The second-order valence-electron chi connectivity index (χ2n) is 3.92. The zero-order valence-corrected chi connectivity index (χ0v) is 9.28. The molecule has 84 valence electrons. The molecular weight excluding hydrogens is 193 g/mol. The number of hydrogen-bond donors (Lipinski definition) is 1. The molecule has 0 heterocycles. The van der Waals surface area contributed by atoms with Gasteiger partial charge in [-0.2, -0.15) is 0 Å². The lowest BCUT2D eigenvalue weighted by Crippen LogP contribution is -2.32. The van der Waals surface area contributed by atoms with Gasteiger partial charge in [-0.15, -0.1) is 0 Å². The van der Waals surface area contributed by atoms with Crippen LogP contribution in [0.1, 0.15) is 19.4 Å². The summed E-state index contributed by atoms with van der Waals surface area (Å²) in [5, 5.41) is 8.90. The van der Waals surface area contributed by atoms with E-state index in [1.165, 1.54) is 12.1 Å². The van der Waals surface area contributed by atoms with E-state index in [-0.39, 0.29) is 12.4 Å². The molecule has 3 heteroatoms. The largest absolute Gasteiger partial charge is 0.395 e. The van der Waals surface area contributed by atoms with Crippen molar-refractivity contribution in [2.75, 3.05) is 13.2 Å². The van der Waals surface area contributed by atoms with Crippen LogP contribution < -0.4 is 0 Å². The Labute approximate surface area is 90.3 Å². The highest BCUT2D eigenvalue weighted by atomic mass is 19.1. The van der Waals surface area contributed by atoms with Crippen molar-refractivity contribution >= 4 is 0 Å². The number of rotatable bonds is 5. The molecule has 1 aromatic carbocycles. The summed E-state index contributed by atoms with van der Waals surface area (Å²) < 4.78 is 12.9. The van der Waals surface area contributed by atoms with Crippen LogP contribution in [0.5, 0.6) is 0 Å². The maximum Gasteiger partial charge on any atom is 0.123 e. The Morgan fingerprint density at radius 1 is 1.40 bits per heavy atom. The summed E-state index contributed by atoms with van der Waals surface area (Å²) in [6.45, 7) is 5.56. The first-order valence-electron chi connectivity index (χ1n) is 5.23. The van der Waals surface area contributed by atoms with Gasteiger partial charge < -0.3 is 5.11 Å². The topological polar surface area (TPSA) is 23.5 Å². The van der Waals surface area contributed by atoms with Gasteiger partial charge in [-0.3, -0.25) is 4.90 Å². The number of nitrogens with zero attached hydrogens (tertiary/aromatic N) is 1. The summed E-state index contributed by atoms with van der Waals surface area (Å²) in [5.74, 6) is -0.208. The molecule has 0 bridgehead atoms. The van der Waals surface area contributed by atoms with Crippen molar-refractivity contribution in [2.24, 2.45) is 0 Å². The molecule has 0 aliphatic rings. The normalized spacial score (nSPS) is 11.3. The fourth-order valence-corrected chi connectivity index (χ4v) is 1.52. The van der Waals surface area contributed by atoms with Crippen LogP contribution in [0.25, 0.3) is 0 Å². The number of halogens is 1. The van der Waals surface area contributed by atoms with Crippen molar-refractivity contribution in [3.63, 3.8) is 0 Å². The summed E-state index contributed by atoms with van der Waals surface area (Å²) in [5.41, 5.74) is 0.942. The van der Waals surface area contributed by atoms with Gasteiger partial charge in [0.05, 0.1) is 6.61 Å². The molecule has 0 fully saturated rings. The highest BCUT2D eigenvalue weighted by Gasteiger charge is 2.09. The van der Waals surface area contributed by atoms with Crippen LogP contribution in [0, 0.1) is 5.82 Å². The molecule has 0 aliphatic heterocycles. The van der Waals surface area contributed by atoms with E-state index in [4.69, 9.17) is 5.11 Å². The maximum absolute atomic E-state index is 12.9. The average Bonchev–Trinajstić information content (AvgIpc) is 2.17. The lowest BCUT2D eigenvalue weighted by Gasteiger charge is -2.25. The monoisotopic (exact) mass is 211 g/mol. The van der Waals surface area contributed by atoms with Gasteiger partial charge in [-0.1, -0.05) is 12.1 Å². The SMILES string of the molecule is CC(C)N(CCO)Cc1cccc(F)c1. The van der Waals surface area contributed by atoms with Crippen LogP contribution >= 0.6 is 0 Å². The Kier molecular flexibility index (Phi) is 4.72. The molecular formula is C12H18FNO. The number of hydrogen-bond acceptors (Lipinski definition) is 2. The zero-order valence-electron chi connectivity index (χ0n) is 9.28. The summed E-state index contributed by atoms with van der Waals surface area (Å²) >= 11 is 0. The molecule has 0 aromatic heterocycles. The fraction of sp³-hybridized carbons (Fsp3) is 0.500. The molecule has 0 spiro atoms. The molecule has 1 N–H and O–H groups in total. The molecule has 0 atom stereocenters. The zero-order chi connectivity index (χ0) is 11.3. The van der Waals surface area contributed by atoms with E-state index in [1.807, 2.05) is 6.07 Å². The fourth-order valence-electron chi connectivity index (χ4n) is 1.52. The first-order valence-corrected chi connectivity index (χ1v) is 5.23. The standard InChI is InChI=1S/C12H18FNO/c1-10(2)14(6-7-15)9-11-4-3-5-12(13)8-11/h3-5,8,10,15H,6-7,9H2,1-2H3. The minimum Gasteiger partial charge on any atom is -0.395 e. The Morgan fingerprint density at radius 2 is 2.13 bits per heavy atom. The van der Waals surface area contributed by atoms with Crippen LogP contribution in [0.2, 0.25) is 0 Å². The number of aliphatic hydroxyl groups is 1. The van der Waals surface area contributed by atoms with Crippen LogP contribution in [0.4, 0.5) is 4.39 Å². The van der Waals surface area contributed by atoms with Gasteiger partial charge in [0.25, 0.3) is 0 Å². The van der Waals surface area contributed by atoms with Crippen LogP contribution in [0.15, 0.2) is 24.3 Å². The van der Waals surface area contributed by atoms with Gasteiger partial charge in [-0.05, 0) is 31.5 Å². The van der Waals surface area contributed by atoms with Crippen molar-refractivity contribution in [2.45, 2.75) is 26.4 Å². The molecule has 15 heavy (non-hydrogen) atoms. The van der Waals surface area contributed by atoms with Crippen molar-refractivity contribution in [1.82, 2.24) is 4.90 Å². The van der Waals surface area contributed by atoms with E-state index in [2.05, 4.69) is 18.7 Å². The summed E-state index contributed by atoms with van der Waals surface area (Å²) in [4.78, 5) is 2.11. The highest BCUT2D eigenvalue weighted by Crippen LogP contribution is 2.09. The summed E-state index contributed by atoms with van der Waals surface area (Å²) in [6, 6.07) is 6.93. The Bertz CT molecular complexity index is 301. The molecule has 0 aliphatic carbocycles. The summed E-state index contributed by atoms with van der Waals surface area (Å²) in [7, 11) is 0. The molecule has 0 radical (unpaired) electrons. The highest BCUT2D eigenvalue weighted by molar-refractivity contribution is 5.16. The molecule has 0 saturated heterocycles. The van der Waals surface area contributed by atoms with Gasteiger partial charge in [0, 0.05) is 19.1 Å². The van der Waals surface area contributed by atoms with Crippen molar-refractivity contribution in [3.8, 4) is 0 Å². The lowest BCUT2D eigenvalue weighted by atomic mass is 10.2. The third-order valence-corrected chi connectivity index (χ3v) is 2.39. The van der Waals surface area contributed by atoms with Gasteiger partial charge in [-0.25, -0.2) is 4.39 Å². The van der Waals surface area contributed by atoms with Gasteiger partial charge in [0.2, 0.25) is 0 Å². The van der Waals surface area contributed by atoms with E-state index in [0.29, 0.717) is 19.1 Å². The van der Waals surface area contributed by atoms with Crippen molar-refractivity contribution in [3.05, 3.63) is 35.6 Å². The average molecular weight is 211 g/mol. The number of aliphatic hydroxyl groups excluding tert-OH is 1. The van der Waals surface area contributed by atoms with Crippen molar-refractivity contribution < 1.29 is 9.50 Å². The van der Waals surface area contributed by atoms with Crippen LogP contribution in [0.3, 0.4) is 0 Å². The molecule has 0 saturated carbocycles. The van der Waals surface area contributed by atoms with E-state index < -0.39 is 0 Å². The van der Waals surface area contributed by atoms with Gasteiger partial charge in [0.1, 0.15) is 5.82 Å². The second kappa shape index (κ2) is 5.83. The Hall–Kier alpha value is -0.930. The maximum atomic E-state index is 12.9. The minimum atomic E-state index is -0.208. The lowest BCUT2D eigenvalue weighted by molar-refractivity contribution is 0.159. The first-order chi connectivity index (χ1) is 7.13. The third-order valence-electron chi connectivity index (χ3n) is 2.39. The predicted molar refractivity (Wildman–Crippen MR) is 59.0 cm³/mol. The third kappa shape index (κ3) is 3.98. The smallest absolute Gasteiger partial charge is 0.123 e.